The van der Waals surface area contributed by atoms with E-state index in [1.54, 1.807) is 17.3 Å². The highest BCUT2D eigenvalue weighted by Crippen LogP contribution is 2.48. The summed E-state index contributed by atoms with van der Waals surface area (Å²) in [7, 11) is -3.36. The Labute approximate surface area is 141 Å². The largest absolute Gasteiger partial charge is 0.298 e. The van der Waals surface area contributed by atoms with Crippen LogP contribution in [0.2, 0.25) is 0 Å². The molecule has 0 N–H and O–H groups in total. The van der Waals surface area contributed by atoms with Gasteiger partial charge in [-0.25, -0.2) is 17.2 Å². The molecule has 4 saturated heterocycles. The van der Waals surface area contributed by atoms with Crippen LogP contribution >= 0.6 is 0 Å². The maximum absolute atomic E-state index is 14.4. The molecule has 24 heavy (non-hydrogen) atoms. The number of sulfonamides is 1. The summed E-state index contributed by atoms with van der Waals surface area (Å²) in [5, 5.41) is 0. The Morgan fingerprint density at radius 3 is 2.54 bits per heavy atom. The van der Waals surface area contributed by atoms with Gasteiger partial charge in [0.1, 0.15) is 0 Å². The Balaban J connectivity index is 1.80. The molecule has 4 heterocycles. The average Bonchev–Trinajstić information content (AvgIpc) is 3.02. The summed E-state index contributed by atoms with van der Waals surface area (Å²) in [6.07, 6.45) is 1.96. The first-order valence-corrected chi connectivity index (χ1v) is 10.2. The zero-order valence-electron chi connectivity index (χ0n) is 13.7. The molecular weight excluding hydrogens is 334 g/mol. The summed E-state index contributed by atoms with van der Waals surface area (Å²) in [5.74, 6) is -1.64. The van der Waals surface area contributed by atoms with Gasteiger partial charge in [-0.15, -0.1) is 0 Å². The third kappa shape index (κ3) is 2.32. The predicted molar refractivity (Wildman–Crippen MR) is 87.1 cm³/mol. The van der Waals surface area contributed by atoms with Crippen LogP contribution in [0.5, 0.6) is 0 Å². The maximum Gasteiger partial charge on any atom is 0.214 e. The van der Waals surface area contributed by atoms with E-state index in [0.29, 0.717) is 11.5 Å². The first-order chi connectivity index (χ1) is 11.4. The van der Waals surface area contributed by atoms with E-state index in [4.69, 9.17) is 0 Å². The second-order valence-corrected chi connectivity index (χ2v) is 9.28. The summed E-state index contributed by atoms with van der Waals surface area (Å²) in [6.45, 7) is 3.72. The van der Waals surface area contributed by atoms with Crippen molar-refractivity contribution in [3.05, 3.63) is 35.4 Å². The van der Waals surface area contributed by atoms with Crippen molar-refractivity contribution < 1.29 is 17.2 Å². The summed E-state index contributed by atoms with van der Waals surface area (Å²) in [6, 6.07) is 4.07. The summed E-state index contributed by atoms with van der Waals surface area (Å²) in [5.41, 5.74) is 0.311. The highest BCUT2D eigenvalue weighted by Gasteiger charge is 2.56. The smallest absolute Gasteiger partial charge is 0.214 e. The molecule has 0 aromatic heterocycles. The molecule has 4 aliphatic rings. The van der Waals surface area contributed by atoms with E-state index in [1.807, 2.05) is 0 Å². The van der Waals surface area contributed by atoms with E-state index in [-0.39, 0.29) is 30.3 Å². The van der Waals surface area contributed by atoms with Gasteiger partial charge < -0.3 is 0 Å². The van der Waals surface area contributed by atoms with Crippen molar-refractivity contribution in [2.24, 2.45) is 5.92 Å². The number of rotatable bonds is 3. The number of fused-ring (bicyclic) bond motifs is 2. The maximum atomic E-state index is 14.4. The molecule has 0 radical (unpaired) electrons. The van der Waals surface area contributed by atoms with Gasteiger partial charge in [0.25, 0.3) is 0 Å². The third-order valence-corrected chi connectivity index (χ3v) is 7.89. The van der Waals surface area contributed by atoms with Gasteiger partial charge in [0.05, 0.1) is 5.75 Å². The molecule has 0 saturated carbocycles. The zero-order valence-corrected chi connectivity index (χ0v) is 14.5. The fourth-order valence-corrected chi connectivity index (χ4v) is 6.32. The minimum absolute atomic E-state index is 0.0429. The molecule has 0 amide bonds. The first kappa shape index (κ1) is 16.4. The summed E-state index contributed by atoms with van der Waals surface area (Å²) in [4.78, 5) is 2.28. The van der Waals surface area contributed by atoms with Crippen LogP contribution in [0.3, 0.4) is 0 Å². The number of nitrogens with zero attached hydrogens (tertiary/aromatic N) is 2. The van der Waals surface area contributed by atoms with E-state index in [2.05, 4.69) is 4.90 Å². The van der Waals surface area contributed by atoms with Crippen LogP contribution in [0.15, 0.2) is 18.2 Å². The third-order valence-electron chi connectivity index (χ3n) is 6.05. The zero-order chi connectivity index (χ0) is 17.1. The van der Waals surface area contributed by atoms with Gasteiger partial charge in [0.15, 0.2) is 11.6 Å². The van der Waals surface area contributed by atoms with Crippen molar-refractivity contribution in [3.63, 3.8) is 0 Å². The van der Waals surface area contributed by atoms with Crippen LogP contribution < -0.4 is 0 Å². The molecule has 0 spiro atoms. The van der Waals surface area contributed by atoms with Crippen molar-refractivity contribution in [3.8, 4) is 0 Å². The van der Waals surface area contributed by atoms with Gasteiger partial charge >= 0.3 is 0 Å². The molecule has 7 heteroatoms. The molecule has 2 bridgehead atoms. The number of hydrogen-bond acceptors (Lipinski definition) is 3. The van der Waals surface area contributed by atoms with Crippen LogP contribution in [0.25, 0.3) is 0 Å². The molecule has 4 nitrogen and oxygen atoms in total. The van der Waals surface area contributed by atoms with E-state index in [0.717, 1.165) is 32.0 Å². The molecule has 4 aliphatic heterocycles. The first-order valence-electron chi connectivity index (χ1n) is 8.61. The highest BCUT2D eigenvalue weighted by molar-refractivity contribution is 7.89. The fourth-order valence-electron chi connectivity index (χ4n) is 4.93. The van der Waals surface area contributed by atoms with Crippen molar-refractivity contribution in [2.45, 2.75) is 37.8 Å². The Hall–Kier alpha value is -1.05. The van der Waals surface area contributed by atoms with Gasteiger partial charge in [-0.2, -0.15) is 4.31 Å². The van der Waals surface area contributed by atoms with Gasteiger partial charge in [-0.3, -0.25) is 4.90 Å². The number of hydrogen-bond donors (Lipinski definition) is 0. The number of halogens is 2. The van der Waals surface area contributed by atoms with Gasteiger partial charge in [-0.05, 0) is 50.4 Å². The quantitative estimate of drug-likeness (QED) is 0.834. The van der Waals surface area contributed by atoms with Gasteiger partial charge in [-0.1, -0.05) is 12.1 Å². The standard InChI is InChI=1S/C17H22F2N2O2S/c1-2-24(22,23)21-10-13(12-4-3-5-14(18)15(12)19)17-16(21)11-6-8-20(17)9-7-11/h3-5,11,13,16-17H,2,6-10H2,1H3/t13-,16+,17+/m1/s1. The molecule has 1 aromatic rings. The SMILES string of the molecule is CCS(=O)(=O)N1C[C@H](c2cccc(F)c2F)[C@H]2[C@@H]1C1CCN2CC1. The topological polar surface area (TPSA) is 40.6 Å². The normalized spacial score (nSPS) is 36.0. The van der Waals surface area contributed by atoms with Crippen LogP contribution in [-0.2, 0) is 10.0 Å². The molecule has 132 valence electrons. The van der Waals surface area contributed by atoms with E-state index < -0.39 is 21.7 Å². The Kier molecular flexibility index (Phi) is 3.93. The van der Waals surface area contributed by atoms with Crippen LogP contribution in [0.1, 0.15) is 31.2 Å². The van der Waals surface area contributed by atoms with Gasteiger partial charge in [0.2, 0.25) is 10.0 Å². The van der Waals surface area contributed by atoms with E-state index in [1.165, 1.54) is 6.07 Å². The van der Waals surface area contributed by atoms with Crippen LogP contribution in [-0.4, -0.2) is 55.1 Å². The lowest BCUT2D eigenvalue weighted by atomic mass is 9.75. The Morgan fingerprint density at radius 2 is 1.88 bits per heavy atom. The minimum Gasteiger partial charge on any atom is -0.298 e. The van der Waals surface area contributed by atoms with E-state index >= 15 is 0 Å². The highest BCUT2D eigenvalue weighted by atomic mass is 32.2. The lowest BCUT2D eigenvalue weighted by Gasteiger charge is -2.50. The second kappa shape index (κ2) is 5.75. The van der Waals surface area contributed by atoms with Crippen molar-refractivity contribution in [1.29, 1.82) is 0 Å². The predicted octanol–water partition coefficient (Wildman–Crippen LogP) is 2.18. The van der Waals surface area contributed by atoms with Crippen LogP contribution in [0, 0.1) is 17.6 Å². The van der Waals surface area contributed by atoms with Crippen molar-refractivity contribution >= 4 is 10.0 Å². The molecular formula is C17H22F2N2O2S. The van der Waals surface area contributed by atoms with Crippen molar-refractivity contribution in [2.75, 3.05) is 25.4 Å². The van der Waals surface area contributed by atoms with Gasteiger partial charge in [0, 0.05) is 24.5 Å². The Morgan fingerprint density at radius 1 is 1.17 bits per heavy atom. The summed E-state index contributed by atoms with van der Waals surface area (Å²) >= 11 is 0. The van der Waals surface area contributed by atoms with Crippen LogP contribution in [0.4, 0.5) is 8.78 Å². The molecule has 3 atom stereocenters. The molecule has 4 fully saturated rings. The fraction of sp³-hybridized carbons (Fsp3) is 0.647. The molecule has 1 aromatic carbocycles. The summed E-state index contributed by atoms with van der Waals surface area (Å²) < 4.78 is 54.9. The Bertz CT molecular complexity index is 747. The van der Waals surface area contributed by atoms with Crippen molar-refractivity contribution in [1.82, 2.24) is 9.21 Å². The molecule has 5 rings (SSSR count). The number of benzene rings is 1. The minimum atomic E-state index is -3.36. The molecule has 0 unspecified atom stereocenters. The monoisotopic (exact) mass is 356 g/mol. The lowest BCUT2D eigenvalue weighted by molar-refractivity contribution is 0.0120. The molecule has 0 aliphatic carbocycles. The lowest BCUT2D eigenvalue weighted by Crippen LogP contribution is -2.60. The number of piperidine rings is 3. The average molecular weight is 356 g/mol. The van der Waals surface area contributed by atoms with E-state index in [9.17, 15) is 17.2 Å². The second-order valence-electron chi connectivity index (χ2n) is 7.07.